The number of hydrogen-bond acceptors (Lipinski definition) is 3. The van der Waals surface area contributed by atoms with Crippen LogP contribution in [0.15, 0.2) is 48.5 Å². The van der Waals surface area contributed by atoms with Crippen LogP contribution in [-0.4, -0.2) is 36.4 Å². The van der Waals surface area contributed by atoms with E-state index in [2.05, 4.69) is 12.2 Å². The molecule has 0 aromatic heterocycles. The van der Waals surface area contributed by atoms with Gasteiger partial charge in [0.05, 0.1) is 13.5 Å². The number of carbonyl (C=O) groups is 2. The van der Waals surface area contributed by atoms with Crippen molar-refractivity contribution in [1.82, 2.24) is 10.2 Å². The highest BCUT2D eigenvalue weighted by Gasteiger charge is 2.26. The largest absolute Gasteiger partial charge is 0.497 e. The number of nitrogens with zero attached hydrogens (tertiary/aromatic N) is 1. The van der Waals surface area contributed by atoms with Crippen molar-refractivity contribution in [3.8, 4) is 5.75 Å². The Kier molecular flexibility index (Phi) is 8.71. The van der Waals surface area contributed by atoms with E-state index in [0.29, 0.717) is 13.1 Å². The molecule has 0 fully saturated rings. The monoisotopic (exact) mass is 396 g/mol. The third-order valence-corrected chi connectivity index (χ3v) is 5.09. The van der Waals surface area contributed by atoms with Crippen LogP contribution in [0.3, 0.4) is 0 Å². The Morgan fingerprint density at radius 2 is 1.90 bits per heavy atom. The Hall–Kier alpha value is -2.82. The van der Waals surface area contributed by atoms with Gasteiger partial charge in [-0.1, -0.05) is 49.7 Å². The summed E-state index contributed by atoms with van der Waals surface area (Å²) in [6.45, 7) is 6.84. The normalized spacial score (nSPS) is 11.6. The number of aryl methyl sites for hydroxylation is 1. The molecule has 0 aliphatic rings. The summed E-state index contributed by atoms with van der Waals surface area (Å²) in [6.07, 6.45) is 2.20. The van der Waals surface area contributed by atoms with Crippen molar-refractivity contribution in [1.29, 1.82) is 0 Å². The van der Waals surface area contributed by atoms with E-state index >= 15 is 0 Å². The molecule has 2 aromatic carbocycles. The molecule has 0 saturated carbocycles. The quantitative estimate of drug-likeness (QED) is 0.620. The molecule has 0 heterocycles. The third kappa shape index (κ3) is 6.63. The van der Waals surface area contributed by atoms with E-state index in [4.69, 9.17) is 4.74 Å². The van der Waals surface area contributed by atoms with Crippen molar-refractivity contribution in [2.75, 3.05) is 13.7 Å². The number of ether oxygens (including phenoxy) is 1. The lowest BCUT2D eigenvalue weighted by Gasteiger charge is -2.29. The zero-order valence-corrected chi connectivity index (χ0v) is 17.9. The Morgan fingerprint density at radius 1 is 1.14 bits per heavy atom. The number of carbonyl (C=O) groups excluding carboxylic acids is 2. The fourth-order valence-electron chi connectivity index (χ4n) is 3.16. The molecule has 0 saturated heterocycles. The Balaban J connectivity index is 2.22. The average Bonchev–Trinajstić information content (AvgIpc) is 2.73. The second-order valence-corrected chi connectivity index (χ2v) is 7.30. The van der Waals surface area contributed by atoms with Gasteiger partial charge in [-0.3, -0.25) is 9.59 Å². The standard InChI is InChI=1S/C24H32N2O3/c1-5-6-14-25-24(28)19(3)26(17-20-11-9-13-22(15-20)29-4)23(27)16-21-12-8-7-10-18(21)2/h7-13,15,19H,5-6,14,16-17H2,1-4H3,(H,25,28)/t19-/m1/s1. The van der Waals surface area contributed by atoms with Crippen LogP contribution >= 0.6 is 0 Å². The molecule has 0 aliphatic heterocycles. The number of rotatable bonds is 10. The van der Waals surface area contributed by atoms with Crippen LogP contribution in [0.1, 0.15) is 43.4 Å². The molecule has 1 atom stereocenters. The molecule has 0 aliphatic carbocycles. The highest BCUT2D eigenvalue weighted by atomic mass is 16.5. The molecule has 0 unspecified atom stereocenters. The van der Waals surface area contributed by atoms with Gasteiger partial charge in [-0.25, -0.2) is 0 Å². The highest BCUT2D eigenvalue weighted by molar-refractivity contribution is 5.88. The van der Waals surface area contributed by atoms with E-state index in [1.807, 2.05) is 55.5 Å². The van der Waals surface area contributed by atoms with Gasteiger partial charge >= 0.3 is 0 Å². The zero-order chi connectivity index (χ0) is 21.2. The van der Waals surface area contributed by atoms with Gasteiger partial charge in [-0.2, -0.15) is 0 Å². The first-order chi connectivity index (χ1) is 14.0. The number of amides is 2. The summed E-state index contributed by atoms with van der Waals surface area (Å²) in [7, 11) is 1.62. The highest BCUT2D eigenvalue weighted by Crippen LogP contribution is 2.18. The number of nitrogens with one attached hydrogen (secondary N) is 1. The van der Waals surface area contributed by atoms with Crippen molar-refractivity contribution in [2.45, 2.75) is 52.6 Å². The predicted octanol–water partition coefficient (Wildman–Crippen LogP) is 3.88. The maximum atomic E-state index is 13.2. The van der Waals surface area contributed by atoms with E-state index in [-0.39, 0.29) is 18.2 Å². The van der Waals surface area contributed by atoms with Crippen LogP contribution in [0.25, 0.3) is 0 Å². The van der Waals surface area contributed by atoms with Crippen LogP contribution in [-0.2, 0) is 22.6 Å². The van der Waals surface area contributed by atoms with Crippen molar-refractivity contribution in [3.63, 3.8) is 0 Å². The molecule has 5 heteroatoms. The van der Waals surface area contributed by atoms with Gasteiger partial charge in [-0.15, -0.1) is 0 Å². The summed E-state index contributed by atoms with van der Waals surface area (Å²) in [6, 6.07) is 14.9. The molecule has 2 rings (SSSR count). The fraction of sp³-hybridized carbons (Fsp3) is 0.417. The topological polar surface area (TPSA) is 58.6 Å². The molecule has 5 nitrogen and oxygen atoms in total. The van der Waals surface area contributed by atoms with Gasteiger partial charge in [0, 0.05) is 13.1 Å². The first-order valence-electron chi connectivity index (χ1n) is 10.2. The van der Waals surface area contributed by atoms with Crippen molar-refractivity contribution in [2.24, 2.45) is 0 Å². The molecular formula is C24H32N2O3. The van der Waals surface area contributed by atoms with E-state index in [0.717, 1.165) is 35.3 Å². The summed E-state index contributed by atoms with van der Waals surface area (Å²) in [5.41, 5.74) is 2.98. The molecule has 29 heavy (non-hydrogen) atoms. The lowest BCUT2D eigenvalue weighted by molar-refractivity contribution is -0.140. The molecule has 156 valence electrons. The third-order valence-electron chi connectivity index (χ3n) is 5.09. The van der Waals surface area contributed by atoms with Gasteiger partial charge in [0.1, 0.15) is 11.8 Å². The minimum absolute atomic E-state index is 0.0692. The SMILES string of the molecule is CCCCNC(=O)[C@@H](C)N(Cc1cccc(OC)c1)C(=O)Cc1ccccc1C. The smallest absolute Gasteiger partial charge is 0.242 e. The summed E-state index contributed by atoms with van der Waals surface area (Å²) in [5, 5.41) is 2.94. The Morgan fingerprint density at radius 3 is 2.59 bits per heavy atom. The molecule has 0 radical (unpaired) electrons. The molecule has 0 bridgehead atoms. The van der Waals surface area contributed by atoms with Crippen LogP contribution in [0, 0.1) is 6.92 Å². The molecule has 2 amide bonds. The number of benzene rings is 2. The van der Waals surface area contributed by atoms with Crippen molar-refractivity contribution in [3.05, 3.63) is 65.2 Å². The van der Waals surface area contributed by atoms with Crippen LogP contribution in [0.2, 0.25) is 0 Å². The summed E-state index contributed by atoms with van der Waals surface area (Å²) in [5.74, 6) is 0.536. The van der Waals surface area contributed by atoms with Gasteiger partial charge in [0.25, 0.3) is 0 Å². The van der Waals surface area contributed by atoms with Gasteiger partial charge in [0.15, 0.2) is 0 Å². The Labute approximate surface area is 174 Å². The molecule has 2 aromatic rings. The van der Waals surface area contributed by atoms with Crippen LogP contribution in [0.5, 0.6) is 5.75 Å². The number of methoxy groups -OCH3 is 1. The fourth-order valence-corrected chi connectivity index (χ4v) is 3.16. The van der Waals surface area contributed by atoms with Crippen molar-refractivity contribution >= 4 is 11.8 Å². The average molecular weight is 397 g/mol. The van der Waals surface area contributed by atoms with Crippen LogP contribution in [0.4, 0.5) is 0 Å². The summed E-state index contributed by atoms with van der Waals surface area (Å²) in [4.78, 5) is 27.5. The van der Waals surface area contributed by atoms with Gasteiger partial charge < -0.3 is 15.0 Å². The number of unbranched alkanes of at least 4 members (excludes halogenated alkanes) is 1. The maximum absolute atomic E-state index is 13.2. The first kappa shape index (κ1) is 22.5. The summed E-state index contributed by atoms with van der Waals surface area (Å²) < 4.78 is 5.30. The second-order valence-electron chi connectivity index (χ2n) is 7.30. The van der Waals surface area contributed by atoms with Crippen molar-refractivity contribution < 1.29 is 14.3 Å². The maximum Gasteiger partial charge on any atom is 0.242 e. The number of hydrogen-bond donors (Lipinski definition) is 1. The van der Waals surface area contributed by atoms with E-state index < -0.39 is 6.04 Å². The first-order valence-corrected chi connectivity index (χ1v) is 10.2. The van der Waals surface area contributed by atoms with E-state index in [1.54, 1.807) is 18.9 Å². The lowest BCUT2D eigenvalue weighted by atomic mass is 10.0. The molecule has 1 N–H and O–H groups in total. The van der Waals surface area contributed by atoms with Crippen LogP contribution < -0.4 is 10.1 Å². The minimum Gasteiger partial charge on any atom is -0.497 e. The second kappa shape index (κ2) is 11.2. The summed E-state index contributed by atoms with van der Waals surface area (Å²) >= 11 is 0. The molecular weight excluding hydrogens is 364 g/mol. The zero-order valence-electron chi connectivity index (χ0n) is 17.9. The minimum atomic E-state index is -0.561. The van der Waals surface area contributed by atoms with Gasteiger partial charge in [-0.05, 0) is 49.1 Å². The lowest BCUT2D eigenvalue weighted by Crippen LogP contribution is -2.48. The predicted molar refractivity (Wildman–Crippen MR) is 116 cm³/mol. The van der Waals surface area contributed by atoms with E-state index in [1.165, 1.54) is 0 Å². The molecule has 0 spiro atoms. The Bertz CT molecular complexity index is 819. The van der Waals surface area contributed by atoms with E-state index in [9.17, 15) is 9.59 Å². The van der Waals surface area contributed by atoms with Gasteiger partial charge in [0.2, 0.25) is 11.8 Å².